The SMILES string of the molecule is CCOC(=O)c1nc(Br)c2c3ccccc3n(-c3ccccc3)c2c1O. The highest BCUT2D eigenvalue weighted by molar-refractivity contribution is 9.10. The van der Waals surface area contributed by atoms with Crippen LogP contribution < -0.4 is 0 Å². The highest BCUT2D eigenvalue weighted by Crippen LogP contribution is 2.41. The van der Waals surface area contributed by atoms with E-state index in [9.17, 15) is 9.90 Å². The third kappa shape index (κ3) is 2.45. The fourth-order valence-corrected chi connectivity index (χ4v) is 3.76. The van der Waals surface area contributed by atoms with Crippen LogP contribution in [-0.4, -0.2) is 27.2 Å². The molecule has 0 aliphatic carbocycles. The maximum atomic E-state index is 12.2. The summed E-state index contributed by atoms with van der Waals surface area (Å²) >= 11 is 3.46. The lowest BCUT2D eigenvalue weighted by atomic mass is 10.2. The number of ether oxygens (including phenoxy) is 1. The molecular formula is C20H15BrN2O3. The molecule has 0 atom stereocenters. The minimum absolute atomic E-state index is 0.105. The number of rotatable bonds is 3. The third-order valence-electron chi connectivity index (χ3n) is 4.22. The van der Waals surface area contributed by atoms with Crippen molar-refractivity contribution in [2.24, 2.45) is 0 Å². The Labute approximate surface area is 158 Å². The molecule has 0 saturated carbocycles. The first-order valence-corrected chi connectivity index (χ1v) is 8.97. The molecule has 5 nitrogen and oxygen atoms in total. The highest BCUT2D eigenvalue weighted by Gasteiger charge is 2.25. The second-order valence-electron chi connectivity index (χ2n) is 5.73. The predicted octanol–water partition coefficient (Wildman–Crippen LogP) is 4.82. The quantitative estimate of drug-likeness (QED) is 0.388. The Bertz CT molecular complexity index is 1140. The minimum atomic E-state index is -0.655. The molecule has 1 N–H and O–H groups in total. The standard InChI is InChI=1S/C20H15BrN2O3/c1-2-26-20(25)16-18(24)17-15(19(21)22-16)13-10-6-7-11-14(13)23(17)12-8-4-3-5-9-12/h3-11,24H,2H2,1H3. The molecule has 4 rings (SSSR count). The Kier molecular flexibility index (Phi) is 4.12. The zero-order valence-corrected chi connectivity index (χ0v) is 15.5. The molecule has 0 aliphatic heterocycles. The van der Waals surface area contributed by atoms with Gasteiger partial charge in [0, 0.05) is 16.5 Å². The van der Waals surface area contributed by atoms with Gasteiger partial charge in [-0.1, -0.05) is 36.4 Å². The molecule has 2 heterocycles. The molecule has 0 fully saturated rings. The van der Waals surface area contributed by atoms with Gasteiger partial charge in [0.1, 0.15) is 10.1 Å². The van der Waals surface area contributed by atoms with Crippen molar-refractivity contribution >= 4 is 43.7 Å². The molecule has 130 valence electrons. The van der Waals surface area contributed by atoms with Gasteiger partial charge in [-0.05, 0) is 41.1 Å². The monoisotopic (exact) mass is 410 g/mol. The van der Waals surface area contributed by atoms with Crippen molar-refractivity contribution in [1.29, 1.82) is 0 Å². The zero-order valence-electron chi connectivity index (χ0n) is 13.9. The van der Waals surface area contributed by atoms with Gasteiger partial charge in [-0.3, -0.25) is 0 Å². The van der Waals surface area contributed by atoms with Crippen LogP contribution in [-0.2, 0) is 4.74 Å². The van der Waals surface area contributed by atoms with Crippen molar-refractivity contribution in [3.8, 4) is 11.4 Å². The average Bonchev–Trinajstić information content (AvgIpc) is 3.01. The summed E-state index contributed by atoms with van der Waals surface area (Å²) in [5.74, 6) is -0.848. The van der Waals surface area contributed by atoms with E-state index in [0.29, 0.717) is 10.1 Å². The molecule has 2 aromatic heterocycles. The smallest absolute Gasteiger partial charge is 0.360 e. The van der Waals surface area contributed by atoms with Gasteiger partial charge in [-0.2, -0.15) is 0 Å². The summed E-state index contributed by atoms with van der Waals surface area (Å²) in [5, 5.41) is 12.6. The number of halogens is 1. The van der Waals surface area contributed by atoms with Crippen LogP contribution in [0.4, 0.5) is 0 Å². The average molecular weight is 411 g/mol. The molecule has 0 saturated heterocycles. The Hall–Kier alpha value is -2.86. The molecule has 4 aromatic rings. The predicted molar refractivity (Wildman–Crippen MR) is 104 cm³/mol. The van der Waals surface area contributed by atoms with Crippen LogP contribution in [0.1, 0.15) is 17.4 Å². The summed E-state index contributed by atoms with van der Waals surface area (Å²) < 4.78 is 7.45. The van der Waals surface area contributed by atoms with Gasteiger partial charge >= 0.3 is 5.97 Å². The maximum absolute atomic E-state index is 12.2. The number of nitrogens with zero attached hydrogens (tertiary/aromatic N) is 2. The lowest BCUT2D eigenvalue weighted by Gasteiger charge is -2.11. The lowest BCUT2D eigenvalue weighted by Crippen LogP contribution is -2.08. The van der Waals surface area contributed by atoms with E-state index >= 15 is 0 Å². The van der Waals surface area contributed by atoms with Crippen LogP contribution in [0, 0.1) is 0 Å². The number of carbonyl (C=O) groups is 1. The van der Waals surface area contributed by atoms with E-state index in [0.717, 1.165) is 22.0 Å². The zero-order chi connectivity index (χ0) is 18.3. The Morgan fingerprint density at radius 3 is 2.58 bits per heavy atom. The number of esters is 1. The van der Waals surface area contributed by atoms with Crippen molar-refractivity contribution in [2.75, 3.05) is 6.61 Å². The summed E-state index contributed by atoms with van der Waals surface area (Å²) in [7, 11) is 0. The minimum Gasteiger partial charge on any atom is -0.504 e. The Morgan fingerprint density at radius 1 is 1.15 bits per heavy atom. The second kappa shape index (κ2) is 6.46. The number of aromatic nitrogens is 2. The van der Waals surface area contributed by atoms with Crippen molar-refractivity contribution in [3.63, 3.8) is 0 Å². The molecule has 6 heteroatoms. The number of para-hydroxylation sites is 2. The van der Waals surface area contributed by atoms with Crippen LogP contribution in [0.25, 0.3) is 27.5 Å². The van der Waals surface area contributed by atoms with Gasteiger partial charge in [0.2, 0.25) is 0 Å². The van der Waals surface area contributed by atoms with E-state index in [2.05, 4.69) is 20.9 Å². The van der Waals surface area contributed by atoms with Crippen LogP contribution in [0.5, 0.6) is 5.75 Å². The van der Waals surface area contributed by atoms with Gasteiger partial charge in [0.15, 0.2) is 11.4 Å². The third-order valence-corrected chi connectivity index (χ3v) is 4.80. The number of aromatic hydroxyl groups is 1. The normalized spacial score (nSPS) is 11.2. The highest BCUT2D eigenvalue weighted by atomic mass is 79.9. The number of fused-ring (bicyclic) bond motifs is 3. The molecule has 0 amide bonds. The second-order valence-corrected chi connectivity index (χ2v) is 6.48. The molecule has 0 aliphatic rings. The van der Waals surface area contributed by atoms with Gasteiger partial charge in [-0.15, -0.1) is 0 Å². The van der Waals surface area contributed by atoms with E-state index in [1.165, 1.54) is 0 Å². The summed E-state index contributed by atoms with van der Waals surface area (Å²) in [4.78, 5) is 16.5. The van der Waals surface area contributed by atoms with Crippen molar-refractivity contribution < 1.29 is 14.6 Å². The summed E-state index contributed by atoms with van der Waals surface area (Å²) in [6.45, 7) is 1.92. The molecular weight excluding hydrogens is 396 g/mol. The van der Waals surface area contributed by atoms with Crippen LogP contribution in [0.3, 0.4) is 0 Å². The number of benzene rings is 2. The topological polar surface area (TPSA) is 64.3 Å². The fraction of sp³-hybridized carbons (Fsp3) is 0.100. The first-order chi connectivity index (χ1) is 12.6. The van der Waals surface area contributed by atoms with Crippen LogP contribution in [0.15, 0.2) is 59.2 Å². The van der Waals surface area contributed by atoms with E-state index in [1.807, 2.05) is 59.2 Å². The first kappa shape index (κ1) is 16.6. The van der Waals surface area contributed by atoms with E-state index < -0.39 is 5.97 Å². The summed E-state index contributed by atoms with van der Waals surface area (Å²) in [5.41, 5.74) is 2.20. The molecule has 0 spiro atoms. The van der Waals surface area contributed by atoms with Gasteiger partial charge in [0.25, 0.3) is 0 Å². The fourth-order valence-electron chi connectivity index (χ4n) is 3.18. The van der Waals surface area contributed by atoms with Gasteiger partial charge in [-0.25, -0.2) is 9.78 Å². The van der Waals surface area contributed by atoms with E-state index in [1.54, 1.807) is 6.92 Å². The number of hydrogen-bond acceptors (Lipinski definition) is 4. The van der Waals surface area contributed by atoms with Crippen molar-refractivity contribution in [3.05, 3.63) is 64.9 Å². The van der Waals surface area contributed by atoms with Gasteiger partial charge < -0.3 is 14.4 Å². The Morgan fingerprint density at radius 2 is 1.85 bits per heavy atom. The largest absolute Gasteiger partial charge is 0.504 e. The van der Waals surface area contributed by atoms with Crippen LogP contribution in [0.2, 0.25) is 0 Å². The maximum Gasteiger partial charge on any atom is 0.360 e. The molecule has 0 unspecified atom stereocenters. The summed E-state index contributed by atoms with van der Waals surface area (Å²) in [6.07, 6.45) is 0. The first-order valence-electron chi connectivity index (χ1n) is 8.17. The molecule has 2 aromatic carbocycles. The van der Waals surface area contributed by atoms with E-state index in [-0.39, 0.29) is 18.1 Å². The van der Waals surface area contributed by atoms with E-state index in [4.69, 9.17) is 4.74 Å². The molecule has 0 radical (unpaired) electrons. The van der Waals surface area contributed by atoms with Crippen LogP contribution >= 0.6 is 15.9 Å². The van der Waals surface area contributed by atoms with Crippen molar-refractivity contribution in [1.82, 2.24) is 9.55 Å². The van der Waals surface area contributed by atoms with Gasteiger partial charge in [0.05, 0.1) is 12.1 Å². The Balaban J connectivity index is 2.18. The molecule has 26 heavy (non-hydrogen) atoms. The lowest BCUT2D eigenvalue weighted by molar-refractivity contribution is 0.0516. The summed E-state index contributed by atoms with van der Waals surface area (Å²) in [6, 6.07) is 17.5. The number of pyridine rings is 1. The number of carbonyl (C=O) groups excluding carboxylic acids is 1. The molecule has 0 bridgehead atoms. The van der Waals surface area contributed by atoms with Crippen molar-refractivity contribution in [2.45, 2.75) is 6.92 Å². The number of hydrogen-bond donors (Lipinski definition) is 1.